The third-order valence-electron chi connectivity index (χ3n) is 3.12. The molecule has 92 valence electrons. The van der Waals surface area contributed by atoms with Crippen LogP contribution >= 0.6 is 0 Å². The van der Waals surface area contributed by atoms with Gasteiger partial charge >= 0.3 is 0 Å². The second-order valence-electron chi connectivity index (χ2n) is 4.23. The highest BCUT2D eigenvalue weighted by molar-refractivity contribution is 5.94. The Labute approximate surface area is 101 Å². The molecule has 1 aromatic heterocycles. The van der Waals surface area contributed by atoms with Gasteiger partial charge in [-0.3, -0.25) is 4.79 Å². The Bertz CT molecular complexity index is 415. The summed E-state index contributed by atoms with van der Waals surface area (Å²) >= 11 is 0. The van der Waals surface area contributed by atoms with E-state index in [9.17, 15) is 4.79 Å². The van der Waals surface area contributed by atoms with Crippen LogP contribution in [0.3, 0.4) is 0 Å². The Morgan fingerprint density at radius 3 is 2.76 bits per heavy atom. The minimum atomic E-state index is 0.111. The molecule has 0 radical (unpaired) electrons. The van der Waals surface area contributed by atoms with E-state index in [0.29, 0.717) is 13.1 Å². The van der Waals surface area contributed by atoms with E-state index < -0.39 is 0 Å². The lowest BCUT2D eigenvalue weighted by Gasteiger charge is -2.25. The number of likely N-dealkylation sites (N-methyl/N-ethyl adjacent to an activating group) is 1. The Hall–Kier alpha value is -1.55. The van der Waals surface area contributed by atoms with Crippen molar-refractivity contribution in [3.63, 3.8) is 0 Å². The fraction of sp³-hybridized carbons (Fsp3) is 0.462. The Morgan fingerprint density at radius 1 is 1.53 bits per heavy atom. The van der Waals surface area contributed by atoms with Crippen molar-refractivity contribution in [3.05, 3.63) is 35.3 Å². The Balaban J connectivity index is 2.05. The van der Waals surface area contributed by atoms with Crippen molar-refractivity contribution in [1.29, 1.82) is 0 Å². The van der Waals surface area contributed by atoms with Gasteiger partial charge < -0.3 is 14.6 Å². The summed E-state index contributed by atoms with van der Waals surface area (Å²) in [6.07, 6.45) is 1.63. The zero-order valence-corrected chi connectivity index (χ0v) is 10.3. The predicted octanol–water partition coefficient (Wildman–Crippen LogP) is 1.55. The molecule has 17 heavy (non-hydrogen) atoms. The second-order valence-corrected chi connectivity index (χ2v) is 4.23. The van der Waals surface area contributed by atoms with Crippen LogP contribution in [0.1, 0.15) is 19.6 Å². The van der Waals surface area contributed by atoms with Gasteiger partial charge in [0, 0.05) is 25.2 Å². The van der Waals surface area contributed by atoms with Crippen LogP contribution in [0.2, 0.25) is 0 Å². The molecule has 0 aromatic carbocycles. The predicted molar refractivity (Wildman–Crippen MR) is 65.4 cm³/mol. The van der Waals surface area contributed by atoms with Gasteiger partial charge in [-0.2, -0.15) is 0 Å². The van der Waals surface area contributed by atoms with E-state index in [1.54, 1.807) is 11.2 Å². The lowest BCUT2D eigenvalue weighted by Crippen LogP contribution is -2.39. The van der Waals surface area contributed by atoms with Crippen LogP contribution in [0.15, 0.2) is 34.0 Å². The number of amides is 1. The van der Waals surface area contributed by atoms with Crippen LogP contribution in [-0.4, -0.2) is 30.4 Å². The first-order valence-electron chi connectivity index (χ1n) is 5.93. The van der Waals surface area contributed by atoms with E-state index in [4.69, 9.17) is 4.42 Å². The number of carbonyl (C=O) groups is 1. The lowest BCUT2D eigenvalue weighted by atomic mass is 10.0. The van der Waals surface area contributed by atoms with Gasteiger partial charge in [-0.05, 0) is 31.6 Å². The molecule has 1 amide bonds. The summed E-state index contributed by atoms with van der Waals surface area (Å²) in [6.45, 7) is 6.81. The quantitative estimate of drug-likeness (QED) is 0.804. The summed E-state index contributed by atoms with van der Waals surface area (Å²) in [4.78, 5) is 14.0. The maximum atomic E-state index is 12.2. The third-order valence-corrected chi connectivity index (χ3v) is 3.12. The summed E-state index contributed by atoms with van der Waals surface area (Å²) < 4.78 is 5.27. The van der Waals surface area contributed by atoms with E-state index in [1.807, 2.05) is 26.0 Å². The number of hydrogen-bond donors (Lipinski definition) is 1. The van der Waals surface area contributed by atoms with Gasteiger partial charge in [0.1, 0.15) is 5.76 Å². The van der Waals surface area contributed by atoms with Crippen molar-refractivity contribution in [2.75, 3.05) is 19.6 Å². The van der Waals surface area contributed by atoms with Gasteiger partial charge in [-0.15, -0.1) is 0 Å². The van der Waals surface area contributed by atoms with Crippen LogP contribution in [-0.2, 0) is 11.3 Å². The van der Waals surface area contributed by atoms with Crippen LogP contribution in [0.5, 0.6) is 0 Å². The number of rotatable bonds is 4. The van der Waals surface area contributed by atoms with Crippen LogP contribution < -0.4 is 5.32 Å². The summed E-state index contributed by atoms with van der Waals surface area (Å²) in [5, 5.41) is 3.15. The van der Waals surface area contributed by atoms with Crippen molar-refractivity contribution in [3.8, 4) is 0 Å². The number of nitrogens with one attached hydrogen (secondary N) is 1. The monoisotopic (exact) mass is 234 g/mol. The first-order chi connectivity index (χ1) is 8.22. The van der Waals surface area contributed by atoms with Gasteiger partial charge in [-0.25, -0.2) is 0 Å². The first-order valence-corrected chi connectivity index (χ1v) is 5.93. The molecule has 0 spiro atoms. The summed E-state index contributed by atoms with van der Waals surface area (Å²) in [5.74, 6) is 0.935. The highest BCUT2D eigenvalue weighted by Crippen LogP contribution is 2.14. The largest absolute Gasteiger partial charge is 0.467 e. The third kappa shape index (κ3) is 2.58. The van der Waals surface area contributed by atoms with Crippen molar-refractivity contribution in [2.45, 2.75) is 20.4 Å². The van der Waals surface area contributed by atoms with E-state index in [-0.39, 0.29) is 5.91 Å². The second kappa shape index (κ2) is 5.19. The Morgan fingerprint density at radius 2 is 2.29 bits per heavy atom. The molecule has 0 bridgehead atoms. The maximum absolute atomic E-state index is 12.2. The summed E-state index contributed by atoms with van der Waals surface area (Å²) in [5.41, 5.74) is 2.09. The SMILES string of the molecule is CCN(Cc1ccco1)C(=O)C(C)=C1CNC1. The molecule has 2 rings (SSSR count). The van der Waals surface area contributed by atoms with Crippen molar-refractivity contribution in [2.24, 2.45) is 0 Å². The smallest absolute Gasteiger partial charge is 0.249 e. The van der Waals surface area contributed by atoms with E-state index in [0.717, 1.165) is 24.4 Å². The van der Waals surface area contributed by atoms with Gasteiger partial charge in [0.2, 0.25) is 5.91 Å². The standard InChI is InChI=1S/C13H18N2O2/c1-3-15(9-12-5-4-6-17-12)13(16)10(2)11-7-14-8-11/h4-6,14H,3,7-9H2,1-2H3. The molecule has 0 aliphatic carbocycles. The lowest BCUT2D eigenvalue weighted by molar-refractivity contribution is -0.127. The molecule has 0 atom stereocenters. The average molecular weight is 234 g/mol. The molecule has 1 fully saturated rings. The van der Waals surface area contributed by atoms with E-state index in [2.05, 4.69) is 5.32 Å². The average Bonchev–Trinajstić information content (AvgIpc) is 2.75. The van der Waals surface area contributed by atoms with Gasteiger partial charge in [0.25, 0.3) is 0 Å². The zero-order valence-electron chi connectivity index (χ0n) is 10.3. The summed E-state index contributed by atoms with van der Waals surface area (Å²) in [7, 11) is 0. The molecular weight excluding hydrogens is 216 g/mol. The van der Waals surface area contributed by atoms with Crippen LogP contribution in [0, 0.1) is 0 Å². The van der Waals surface area contributed by atoms with Gasteiger partial charge in [-0.1, -0.05) is 0 Å². The van der Waals surface area contributed by atoms with Crippen molar-refractivity contribution < 1.29 is 9.21 Å². The summed E-state index contributed by atoms with van der Waals surface area (Å²) in [6, 6.07) is 3.73. The topological polar surface area (TPSA) is 45.5 Å². The molecule has 2 heterocycles. The fourth-order valence-corrected chi connectivity index (χ4v) is 1.82. The molecular formula is C13H18N2O2. The van der Waals surface area contributed by atoms with E-state index >= 15 is 0 Å². The van der Waals surface area contributed by atoms with Crippen LogP contribution in [0.25, 0.3) is 0 Å². The molecule has 4 nitrogen and oxygen atoms in total. The number of hydrogen-bond acceptors (Lipinski definition) is 3. The molecule has 1 aromatic rings. The highest BCUT2D eigenvalue weighted by atomic mass is 16.3. The minimum Gasteiger partial charge on any atom is -0.467 e. The Kier molecular flexibility index (Phi) is 3.64. The van der Waals surface area contributed by atoms with Crippen molar-refractivity contribution in [1.82, 2.24) is 10.2 Å². The first kappa shape index (κ1) is 11.9. The normalized spacial score (nSPS) is 14.4. The van der Waals surface area contributed by atoms with E-state index in [1.165, 1.54) is 5.57 Å². The minimum absolute atomic E-state index is 0.111. The molecule has 1 saturated heterocycles. The zero-order chi connectivity index (χ0) is 12.3. The molecule has 4 heteroatoms. The van der Waals surface area contributed by atoms with Crippen LogP contribution in [0.4, 0.5) is 0 Å². The highest BCUT2D eigenvalue weighted by Gasteiger charge is 2.20. The van der Waals surface area contributed by atoms with Crippen molar-refractivity contribution >= 4 is 5.91 Å². The number of nitrogens with zero attached hydrogens (tertiary/aromatic N) is 1. The number of carbonyl (C=O) groups excluding carboxylic acids is 1. The fourth-order valence-electron chi connectivity index (χ4n) is 1.82. The van der Waals surface area contributed by atoms with Gasteiger partial charge in [0.15, 0.2) is 0 Å². The molecule has 0 unspecified atom stereocenters. The molecule has 1 aliphatic rings. The molecule has 0 saturated carbocycles. The molecule has 1 aliphatic heterocycles. The van der Waals surface area contributed by atoms with Gasteiger partial charge in [0.05, 0.1) is 12.8 Å². The maximum Gasteiger partial charge on any atom is 0.249 e. The molecule has 1 N–H and O–H groups in total. The number of furan rings is 1.